The molecule has 1 heterocycles. The largest absolute Gasteiger partial charge is 0.271 e. The van der Waals surface area contributed by atoms with Crippen LogP contribution in [0.25, 0.3) is 0 Å². The van der Waals surface area contributed by atoms with Crippen molar-refractivity contribution < 1.29 is 9.59 Å². The molecule has 0 unspecified atom stereocenters. The summed E-state index contributed by atoms with van der Waals surface area (Å²) in [7, 11) is 0. The Kier molecular flexibility index (Phi) is 2.23. The van der Waals surface area contributed by atoms with Gasteiger partial charge in [-0.2, -0.15) is 0 Å². The average Bonchev–Trinajstić information content (AvgIpc) is 2.90. The third-order valence-corrected chi connectivity index (χ3v) is 2.51. The van der Waals surface area contributed by atoms with Crippen LogP contribution in [-0.4, -0.2) is 23.3 Å². The maximum atomic E-state index is 11.4. The van der Waals surface area contributed by atoms with Crippen LogP contribution >= 0.6 is 0 Å². The summed E-state index contributed by atoms with van der Waals surface area (Å²) in [5.74, 6) is 0.347. The number of amides is 2. The van der Waals surface area contributed by atoms with E-state index in [9.17, 15) is 9.59 Å². The summed E-state index contributed by atoms with van der Waals surface area (Å²) < 4.78 is 0. The van der Waals surface area contributed by atoms with Crippen LogP contribution in [0, 0.1) is 5.92 Å². The van der Waals surface area contributed by atoms with Gasteiger partial charge in [0.05, 0.1) is 0 Å². The highest BCUT2D eigenvalue weighted by atomic mass is 16.2. The van der Waals surface area contributed by atoms with Crippen molar-refractivity contribution in [2.75, 3.05) is 6.54 Å². The SMILES string of the molecule is CC1=CC(=O)N(C/C=C/C2CC2)C1=O. The van der Waals surface area contributed by atoms with Crippen molar-refractivity contribution in [2.24, 2.45) is 5.92 Å². The van der Waals surface area contributed by atoms with Crippen molar-refractivity contribution in [3.05, 3.63) is 23.8 Å². The van der Waals surface area contributed by atoms with Gasteiger partial charge in [-0.3, -0.25) is 14.5 Å². The molecule has 0 atom stereocenters. The Morgan fingerprint density at radius 3 is 2.71 bits per heavy atom. The van der Waals surface area contributed by atoms with E-state index in [1.54, 1.807) is 6.92 Å². The zero-order valence-electron chi connectivity index (χ0n) is 8.19. The number of imide groups is 1. The Morgan fingerprint density at radius 1 is 1.50 bits per heavy atom. The van der Waals surface area contributed by atoms with E-state index in [0.717, 1.165) is 0 Å². The van der Waals surface area contributed by atoms with E-state index in [0.29, 0.717) is 18.0 Å². The minimum Gasteiger partial charge on any atom is -0.271 e. The quantitative estimate of drug-likeness (QED) is 0.497. The van der Waals surface area contributed by atoms with Gasteiger partial charge in [0.25, 0.3) is 11.8 Å². The Bertz CT molecular complexity index is 337. The lowest BCUT2D eigenvalue weighted by Gasteiger charge is -2.10. The highest BCUT2D eigenvalue weighted by molar-refractivity contribution is 6.15. The minimum absolute atomic E-state index is 0.157. The molecule has 3 nitrogen and oxygen atoms in total. The van der Waals surface area contributed by atoms with Crippen LogP contribution in [-0.2, 0) is 9.59 Å². The Labute approximate surface area is 83.1 Å². The summed E-state index contributed by atoms with van der Waals surface area (Å²) in [5, 5.41) is 0. The summed E-state index contributed by atoms with van der Waals surface area (Å²) in [5.41, 5.74) is 0.537. The second kappa shape index (κ2) is 3.40. The lowest BCUT2D eigenvalue weighted by Crippen LogP contribution is -2.30. The molecule has 1 saturated carbocycles. The Hall–Kier alpha value is -1.38. The number of carbonyl (C=O) groups excluding carboxylic acids is 2. The molecule has 0 radical (unpaired) electrons. The molecule has 1 aliphatic heterocycles. The van der Waals surface area contributed by atoms with E-state index in [-0.39, 0.29) is 11.8 Å². The monoisotopic (exact) mass is 191 g/mol. The molecule has 0 saturated heterocycles. The fourth-order valence-corrected chi connectivity index (χ4v) is 1.46. The van der Waals surface area contributed by atoms with Crippen molar-refractivity contribution in [3.63, 3.8) is 0 Å². The molecule has 0 bridgehead atoms. The van der Waals surface area contributed by atoms with E-state index >= 15 is 0 Å². The van der Waals surface area contributed by atoms with Crippen LogP contribution in [0.5, 0.6) is 0 Å². The van der Waals surface area contributed by atoms with Gasteiger partial charge < -0.3 is 0 Å². The van der Waals surface area contributed by atoms with Gasteiger partial charge in [0, 0.05) is 18.2 Å². The molecule has 0 aromatic carbocycles. The van der Waals surface area contributed by atoms with E-state index in [1.807, 2.05) is 6.08 Å². The molecular weight excluding hydrogens is 178 g/mol. The standard InChI is InChI=1S/C11H13NO2/c1-8-7-10(13)12(11(8)14)6-2-3-9-4-5-9/h2-3,7,9H,4-6H2,1H3/b3-2+. The summed E-state index contributed by atoms with van der Waals surface area (Å²) in [6.45, 7) is 2.09. The van der Waals surface area contributed by atoms with Crippen LogP contribution in [0.2, 0.25) is 0 Å². The Balaban J connectivity index is 1.92. The molecular formula is C11H13NO2. The first kappa shape index (κ1) is 9.19. The van der Waals surface area contributed by atoms with Crippen molar-refractivity contribution >= 4 is 11.8 Å². The number of hydrogen-bond acceptors (Lipinski definition) is 2. The first-order chi connectivity index (χ1) is 6.68. The fourth-order valence-electron chi connectivity index (χ4n) is 1.46. The van der Waals surface area contributed by atoms with Crippen LogP contribution in [0.1, 0.15) is 19.8 Å². The van der Waals surface area contributed by atoms with Crippen molar-refractivity contribution in [2.45, 2.75) is 19.8 Å². The second-order valence-corrected chi connectivity index (χ2v) is 3.85. The van der Waals surface area contributed by atoms with E-state index < -0.39 is 0 Å². The molecule has 0 N–H and O–H groups in total. The number of allylic oxidation sites excluding steroid dienone is 1. The molecule has 14 heavy (non-hydrogen) atoms. The molecule has 0 aromatic rings. The predicted molar refractivity (Wildman–Crippen MR) is 52.3 cm³/mol. The summed E-state index contributed by atoms with van der Waals surface area (Å²) in [4.78, 5) is 24.0. The number of rotatable bonds is 3. The number of hydrogen-bond donors (Lipinski definition) is 0. The average molecular weight is 191 g/mol. The summed E-state index contributed by atoms with van der Waals surface area (Å²) in [6, 6.07) is 0. The molecule has 0 aromatic heterocycles. The second-order valence-electron chi connectivity index (χ2n) is 3.85. The van der Waals surface area contributed by atoms with Crippen molar-refractivity contribution in [1.82, 2.24) is 4.90 Å². The van der Waals surface area contributed by atoms with Crippen molar-refractivity contribution in [1.29, 1.82) is 0 Å². The van der Waals surface area contributed by atoms with Gasteiger partial charge in [0.1, 0.15) is 0 Å². The summed E-state index contributed by atoms with van der Waals surface area (Å²) >= 11 is 0. The smallest absolute Gasteiger partial charge is 0.256 e. The molecule has 0 spiro atoms. The van der Waals surface area contributed by atoms with Gasteiger partial charge >= 0.3 is 0 Å². The molecule has 2 amide bonds. The highest BCUT2D eigenvalue weighted by Crippen LogP contribution is 2.30. The van der Waals surface area contributed by atoms with E-state index in [2.05, 4.69) is 6.08 Å². The zero-order chi connectivity index (χ0) is 10.1. The van der Waals surface area contributed by atoms with Gasteiger partial charge in [0.15, 0.2) is 0 Å². The molecule has 1 aliphatic carbocycles. The first-order valence-corrected chi connectivity index (χ1v) is 4.89. The lowest BCUT2D eigenvalue weighted by atomic mass is 10.3. The van der Waals surface area contributed by atoms with Gasteiger partial charge in [-0.25, -0.2) is 0 Å². The number of nitrogens with zero attached hydrogens (tertiary/aromatic N) is 1. The summed E-state index contributed by atoms with van der Waals surface area (Å²) in [6.07, 6.45) is 7.90. The molecule has 74 valence electrons. The van der Waals surface area contributed by atoms with Crippen LogP contribution < -0.4 is 0 Å². The van der Waals surface area contributed by atoms with Gasteiger partial charge in [-0.15, -0.1) is 0 Å². The van der Waals surface area contributed by atoms with Gasteiger partial charge in [0.2, 0.25) is 0 Å². The Morgan fingerprint density at radius 2 is 2.21 bits per heavy atom. The van der Waals surface area contributed by atoms with Crippen LogP contribution in [0.3, 0.4) is 0 Å². The number of carbonyl (C=O) groups is 2. The fraction of sp³-hybridized carbons (Fsp3) is 0.455. The predicted octanol–water partition coefficient (Wildman–Crippen LogP) is 1.27. The maximum absolute atomic E-state index is 11.4. The van der Waals surface area contributed by atoms with Crippen molar-refractivity contribution in [3.8, 4) is 0 Å². The van der Waals surface area contributed by atoms with Gasteiger partial charge in [-0.1, -0.05) is 12.2 Å². The minimum atomic E-state index is -0.187. The highest BCUT2D eigenvalue weighted by Gasteiger charge is 2.27. The molecule has 2 aliphatic rings. The molecule has 1 fully saturated rings. The lowest BCUT2D eigenvalue weighted by molar-refractivity contribution is -0.136. The maximum Gasteiger partial charge on any atom is 0.256 e. The third kappa shape index (κ3) is 1.76. The normalized spacial score (nSPS) is 22.4. The van der Waals surface area contributed by atoms with E-state index in [1.165, 1.54) is 23.8 Å². The molecule has 2 rings (SSSR count). The third-order valence-electron chi connectivity index (χ3n) is 2.51. The topological polar surface area (TPSA) is 37.4 Å². The van der Waals surface area contributed by atoms with Crippen LogP contribution in [0.4, 0.5) is 0 Å². The van der Waals surface area contributed by atoms with Crippen LogP contribution in [0.15, 0.2) is 23.8 Å². The molecule has 3 heteroatoms. The van der Waals surface area contributed by atoms with Gasteiger partial charge in [-0.05, 0) is 25.7 Å². The first-order valence-electron chi connectivity index (χ1n) is 4.89. The van der Waals surface area contributed by atoms with E-state index in [4.69, 9.17) is 0 Å². The zero-order valence-corrected chi connectivity index (χ0v) is 8.19.